The van der Waals surface area contributed by atoms with E-state index in [1.54, 1.807) is 23.5 Å². The lowest BCUT2D eigenvalue weighted by Gasteiger charge is -2.24. The third-order valence-electron chi connectivity index (χ3n) is 4.64. The Morgan fingerprint density at radius 3 is 2.60 bits per heavy atom. The lowest BCUT2D eigenvalue weighted by Crippen LogP contribution is -2.35. The van der Waals surface area contributed by atoms with Gasteiger partial charge in [-0.25, -0.2) is 4.79 Å². The number of nitrogens with two attached hydrogens (primary N) is 1. The molecule has 1 aliphatic rings. The Balaban J connectivity index is 1.71. The van der Waals surface area contributed by atoms with Crippen LogP contribution < -0.4 is 16.4 Å². The number of para-hydroxylation sites is 1. The van der Waals surface area contributed by atoms with E-state index in [4.69, 9.17) is 5.73 Å². The van der Waals surface area contributed by atoms with Gasteiger partial charge in [-0.2, -0.15) is 0 Å². The zero-order valence-electron chi connectivity index (χ0n) is 14.0. The topological polar surface area (TPSA) is 84.2 Å². The van der Waals surface area contributed by atoms with Crippen molar-refractivity contribution in [2.24, 2.45) is 11.7 Å². The van der Waals surface area contributed by atoms with Crippen molar-refractivity contribution < 1.29 is 9.59 Å². The highest BCUT2D eigenvalue weighted by atomic mass is 32.1. The van der Waals surface area contributed by atoms with Crippen LogP contribution >= 0.6 is 11.3 Å². The van der Waals surface area contributed by atoms with Crippen molar-refractivity contribution >= 4 is 29.0 Å². The van der Waals surface area contributed by atoms with E-state index in [0.29, 0.717) is 11.6 Å². The summed E-state index contributed by atoms with van der Waals surface area (Å²) in [5, 5.41) is 8.05. The molecule has 5 nitrogen and oxygen atoms in total. The Labute approximate surface area is 151 Å². The number of hydrogen-bond acceptors (Lipinski definition) is 3. The van der Waals surface area contributed by atoms with E-state index in [9.17, 15) is 9.59 Å². The van der Waals surface area contributed by atoms with Gasteiger partial charge in [0, 0.05) is 10.6 Å². The van der Waals surface area contributed by atoms with Gasteiger partial charge in [-0.1, -0.05) is 37.1 Å². The largest absolute Gasteiger partial charge is 0.369 e. The van der Waals surface area contributed by atoms with Crippen LogP contribution in [-0.2, 0) is 11.2 Å². The molecular formula is C19H23N3O2S. The molecule has 1 heterocycles. The molecule has 1 atom stereocenters. The minimum Gasteiger partial charge on any atom is -0.369 e. The number of hydrogen-bond donors (Lipinski definition) is 3. The van der Waals surface area contributed by atoms with Crippen LogP contribution in [0.25, 0.3) is 0 Å². The highest BCUT2D eigenvalue weighted by Crippen LogP contribution is 2.37. The third-order valence-corrected chi connectivity index (χ3v) is 5.59. The molecule has 132 valence electrons. The molecule has 1 saturated carbocycles. The second-order valence-corrected chi connectivity index (χ2v) is 7.42. The minimum absolute atomic E-state index is 0.0332. The van der Waals surface area contributed by atoms with Gasteiger partial charge in [-0.3, -0.25) is 4.79 Å². The van der Waals surface area contributed by atoms with Gasteiger partial charge in [-0.05, 0) is 41.8 Å². The van der Waals surface area contributed by atoms with Crippen LogP contribution in [0.3, 0.4) is 0 Å². The summed E-state index contributed by atoms with van der Waals surface area (Å²) in [5.74, 6) is 0.0577. The summed E-state index contributed by atoms with van der Waals surface area (Å²) in [5.41, 5.74) is 6.63. The smallest absolute Gasteiger partial charge is 0.319 e. The Bertz CT molecular complexity index is 724. The molecule has 0 bridgehead atoms. The first-order valence-electron chi connectivity index (χ1n) is 8.60. The van der Waals surface area contributed by atoms with Gasteiger partial charge in [0.2, 0.25) is 5.91 Å². The summed E-state index contributed by atoms with van der Waals surface area (Å²) in [4.78, 5) is 25.0. The first-order valence-corrected chi connectivity index (χ1v) is 9.48. The quantitative estimate of drug-likeness (QED) is 0.734. The molecule has 0 spiro atoms. The van der Waals surface area contributed by atoms with Crippen molar-refractivity contribution in [1.29, 1.82) is 0 Å². The van der Waals surface area contributed by atoms with Crippen LogP contribution in [0.1, 0.15) is 42.2 Å². The van der Waals surface area contributed by atoms with Crippen LogP contribution in [0.4, 0.5) is 10.5 Å². The number of thiophene rings is 1. The molecule has 1 unspecified atom stereocenters. The molecule has 1 fully saturated rings. The normalized spacial score (nSPS) is 15.7. The summed E-state index contributed by atoms with van der Waals surface area (Å²) < 4.78 is 0. The van der Waals surface area contributed by atoms with Crippen LogP contribution in [0.2, 0.25) is 0 Å². The van der Waals surface area contributed by atoms with E-state index in [0.717, 1.165) is 18.4 Å². The second kappa shape index (κ2) is 8.16. The molecule has 1 aliphatic carbocycles. The van der Waals surface area contributed by atoms with Gasteiger partial charge in [0.1, 0.15) is 0 Å². The highest BCUT2D eigenvalue weighted by molar-refractivity contribution is 7.10. The number of urea groups is 1. The summed E-state index contributed by atoms with van der Waals surface area (Å²) >= 11 is 1.67. The molecule has 3 amide bonds. The fourth-order valence-corrected chi connectivity index (χ4v) is 4.33. The molecule has 0 aliphatic heterocycles. The number of primary amides is 1. The molecule has 6 heteroatoms. The summed E-state index contributed by atoms with van der Waals surface area (Å²) in [6.45, 7) is 0. The van der Waals surface area contributed by atoms with Crippen molar-refractivity contribution in [1.82, 2.24) is 5.32 Å². The molecule has 25 heavy (non-hydrogen) atoms. The van der Waals surface area contributed by atoms with Crippen molar-refractivity contribution in [3.05, 3.63) is 52.2 Å². The average molecular weight is 357 g/mol. The minimum atomic E-state index is -0.419. The molecular weight excluding hydrogens is 334 g/mol. The van der Waals surface area contributed by atoms with E-state index in [-0.39, 0.29) is 18.5 Å². The summed E-state index contributed by atoms with van der Waals surface area (Å²) in [7, 11) is 0. The van der Waals surface area contributed by atoms with E-state index in [1.165, 1.54) is 17.7 Å². The maximum Gasteiger partial charge on any atom is 0.319 e. The number of benzene rings is 1. The predicted molar refractivity (Wildman–Crippen MR) is 101 cm³/mol. The number of anilines is 1. The Hall–Kier alpha value is -2.34. The number of carbonyl (C=O) groups is 2. The maximum atomic E-state index is 12.6. The van der Waals surface area contributed by atoms with E-state index in [2.05, 4.69) is 16.7 Å². The molecule has 3 rings (SSSR count). The molecule has 4 N–H and O–H groups in total. The van der Waals surface area contributed by atoms with Gasteiger partial charge in [0.25, 0.3) is 0 Å². The van der Waals surface area contributed by atoms with Gasteiger partial charge in [0.15, 0.2) is 0 Å². The van der Waals surface area contributed by atoms with Gasteiger partial charge in [-0.15, -0.1) is 11.3 Å². The zero-order valence-corrected chi connectivity index (χ0v) is 14.9. The fourth-order valence-electron chi connectivity index (χ4n) is 3.46. The number of amides is 3. The van der Waals surface area contributed by atoms with Crippen molar-refractivity contribution in [2.75, 3.05) is 5.32 Å². The number of nitrogens with one attached hydrogen (secondary N) is 2. The van der Waals surface area contributed by atoms with Gasteiger partial charge >= 0.3 is 6.03 Å². The van der Waals surface area contributed by atoms with Crippen LogP contribution in [-0.4, -0.2) is 11.9 Å². The van der Waals surface area contributed by atoms with Crippen molar-refractivity contribution in [2.45, 2.75) is 38.1 Å². The highest BCUT2D eigenvalue weighted by Gasteiger charge is 2.28. The Morgan fingerprint density at radius 2 is 1.92 bits per heavy atom. The van der Waals surface area contributed by atoms with E-state index in [1.807, 2.05) is 23.6 Å². The first-order chi connectivity index (χ1) is 12.1. The molecule has 0 saturated heterocycles. The second-order valence-electron chi connectivity index (χ2n) is 6.44. The molecule has 1 aromatic heterocycles. The number of carbonyl (C=O) groups excluding carboxylic acids is 2. The Kier molecular flexibility index (Phi) is 5.71. The lowest BCUT2D eigenvalue weighted by molar-refractivity contribution is -0.117. The van der Waals surface area contributed by atoms with Crippen molar-refractivity contribution in [3.8, 4) is 0 Å². The molecule has 1 aromatic carbocycles. The maximum absolute atomic E-state index is 12.6. The number of rotatable bonds is 6. The first kappa shape index (κ1) is 17.5. The zero-order chi connectivity index (χ0) is 17.6. The monoisotopic (exact) mass is 357 g/mol. The fraction of sp³-hybridized carbons (Fsp3) is 0.368. The lowest BCUT2D eigenvalue weighted by atomic mass is 9.97. The Morgan fingerprint density at radius 1 is 1.16 bits per heavy atom. The van der Waals surface area contributed by atoms with Crippen LogP contribution in [0.5, 0.6) is 0 Å². The van der Waals surface area contributed by atoms with Crippen molar-refractivity contribution in [3.63, 3.8) is 0 Å². The van der Waals surface area contributed by atoms with Gasteiger partial charge in [0.05, 0.1) is 12.5 Å². The predicted octanol–water partition coefficient (Wildman–Crippen LogP) is 3.83. The van der Waals surface area contributed by atoms with E-state index < -0.39 is 5.91 Å². The average Bonchev–Trinajstić information content (AvgIpc) is 3.28. The molecule has 0 radical (unpaired) electrons. The summed E-state index contributed by atoms with van der Waals surface area (Å²) in [6.07, 6.45) is 4.82. The third kappa shape index (κ3) is 4.60. The van der Waals surface area contributed by atoms with Crippen LogP contribution in [0, 0.1) is 5.92 Å². The van der Waals surface area contributed by atoms with E-state index >= 15 is 0 Å². The van der Waals surface area contributed by atoms with Gasteiger partial charge < -0.3 is 16.4 Å². The molecule has 2 aromatic rings. The standard InChI is InChI=1S/C19H23N3O2S/c20-17(23)12-14-8-3-4-9-15(14)21-19(24)22-18(13-6-1-2-7-13)16-10-5-11-25-16/h3-5,8-11,13,18H,1-2,6-7,12H2,(H2,20,23)(H2,21,22,24). The summed E-state index contributed by atoms with van der Waals surface area (Å²) in [6, 6.07) is 11.1. The van der Waals surface area contributed by atoms with Crippen LogP contribution in [0.15, 0.2) is 41.8 Å². The SMILES string of the molecule is NC(=O)Cc1ccccc1NC(=O)NC(c1cccs1)C1CCCC1.